The van der Waals surface area contributed by atoms with Crippen LogP contribution in [0.2, 0.25) is 0 Å². The van der Waals surface area contributed by atoms with E-state index in [-0.39, 0.29) is 16.8 Å². The van der Waals surface area contributed by atoms with Crippen molar-refractivity contribution in [3.8, 4) is 0 Å². The predicted octanol–water partition coefficient (Wildman–Crippen LogP) is 2.74. The zero-order valence-corrected chi connectivity index (χ0v) is 10.8. The molecule has 98 valence electrons. The fraction of sp³-hybridized carbons (Fsp3) is 0.500. The van der Waals surface area contributed by atoms with Gasteiger partial charge in [-0.3, -0.25) is 10.1 Å². The third kappa shape index (κ3) is 4.28. The van der Waals surface area contributed by atoms with Crippen LogP contribution in [0.1, 0.15) is 25.8 Å². The van der Waals surface area contributed by atoms with Gasteiger partial charge in [0.1, 0.15) is 6.29 Å². The summed E-state index contributed by atoms with van der Waals surface area (Å²) in [5.74, 6) is -0.107. The quantitative estimate of drug-likeness (QED) is 0.424. The second-order valence-corrected chi connectivity index (χ2v) is 4.91. The standard InChI is InChI=1S/C14H19NO3/c1-11(2)13(10-16)9-14(15(17)18)8-12-6-4-3-5-7-12/h3-7,10-11,13-14H,8-9H2,1-2H3/t13-,14+/m1/s1. The predicted molar refractivity (Wildman–Crippen MR) is 69.9 cm³/mol. The van der Waals surface area contributed by atoms with Crippen LogP contribution in [0.15, 0.2) is 30.3 Å². The average Bonchev–Trinajstić information content (AvgIpc) is 2.34. The van der Waals surface area contributed by atoms with Crippen LogP contribution in [0.25, 0.3) is 0 Å². The van der Waals surface area contributed by atoms with E-state index in [4.69, 9.17) is 0 Å². The van der Waals surface area contributed by atoms with Crippen LogP contribution < -0.4 is 0 Å². The Labute approximate surface area is 107 Å². The molecule has 0 amide bonds. The largest absolute Gasteiger partial charge is 0.303 e. The van der Waals surface area contributed by atoms with E-state index in [0.29, 0.717) is 12.8 Å². The van der Waals surface area contributed by atoms with E-state index < -0.39 is 6.04 Å². The average molecular weight is 249 g/mol. The molecule has 4 nitrogen and oxygen atoms in total. The highest BCUT2D eigenvalue weighted by atomic mass is 16.6. The van der Waals surface area contributed by atoms with E-state index in [9.17, 15) is 14.9 Å². The Kier molecular flexibility index (Phi) is 5.49. The van der Waals surface area contributed by atoms with Gasteiger partial charge in [0.2, 0.25) is 6.04 Å². The molecule has 18 heavy (non-hydrogen) atoms. The van der Waals surface area contributed by atoms with Gasteiger partial charge >= 0.3 is 0 Å². The van der Waals surface area contributed by atoms with Crippen molar-refractivity contribution in [2.75, 3.05) is 0 Å². The Morgan fingerprint density at radius 1 is 1.28 bits per heavy atom. The molecule has 0 radical (unpaired) electrons. The summed E-state index contributed by atoms with van der Waals surface area (Å²) in [6, 6.07) is 8.68. The molecule has 0 aliphatic heterocycles. The molecular formula is C14H19NO3. The molecule has 0 saturated carbocycles. The number of carbonyl (C=O) groups excluding carboxylic acids is 1. The van der Waals surface area contributed by atoms with Crippen LogP contribution in [0, 0.1) is 22.0 Å². The van der Waals surface area contributed by atoms with Gasteiger partial charge in [-0.05, 0) is 11.5 Å². The summed E-state index contributed by atoms with van der Waals surface area (Å²) in [6.07, 6.45) is 1.53. The summed E-state index contributed by atoms with van der Waals surface area (Å²) in [4.78, 5) is 21.7. The highest BCUT2D eigenvalue weighted by molar-refractivity contribution is 5.53. The molecule has 0 fully saturated rings. The van der Waals surface area contributed by atoms with Crippen LogP contribution in [-0.4, -0.2) is 17.3 Å². The maximum absolute atomic E-state index is 11.1. The number of rotatable bonds is 7. The zero-order chi connectivity index (χ0) is 13.5. The number of hydrogen-bond acceptors (Lipinski definition) is 3. The lowest BCUT2D eigenvalue weighted by atomic mass is 9.88. The topological polar surface area (TPSA) is 60.2 Å². The summed E-state index contributed by atoms with van der Waals surface area (Å²) >= 11 is 0. The summed E-state index contributed by atoms with van der Waals surface area (Å²) in [7, 11) is 0. The first-order chi connectivity index (χ1) is 8.54. The molecule has 1 aromatic rings. The van der Waals surface area contributed by atoms with Crippen LogP contribution in [0.5, 0.6) is 0 Å². The number of benzene rings is 1. The molecule has 1 rings (SSSR count). The third-order valence-corrected chi connectivity index (χ3v) is 3.19. The highest BCUT2D eigenvalue weighted by Crippen LogP contribution is 2.19. The van der Waals surface area contributed by atoms with Crippen molar-refractivity contribution >= 4 is 6.29 Å². The molecule has 0 aliphatic rings. The van der Waals surface area contributed by atoms with Gasteiger partial charge in [0.15, 0.2) is 0 Å². The molecule has 0 aromatic heterocycles. The molecule has 0 heterocycles. The number of carbonyl (C=O) groups is 1. The van der Waals surface area contributed by atoms with Crippen molar-refractivity contribution in [2.45, 2.75) is 32.7 Å². The number of nitrogens with zero attached hydrogens (tertiary/aromatic N) is 1. The molecule has 0 N–H and O–H groups in total. The molecule has 4 heteroatoms. The normalized spacial score (nSPS) is 14.2. The van der Waals surface area contributed by atoms with Crippen LogP contribution >= 0.6 is 0 Å². The molecule has 0 bridgehead atoms. The smallest absolute Gasteiger partial charge is 0.217 e. The molecule has 0 unspecified atom stereocenters. The van der Waals surface area contributed by atoms with E-state index in [2.05, 4.69) is 0 Å². The van der Waals surface area contributed by atoms with E-state index in [1.807, 2.05) is 44.2 Å². The maximum Gasteiger partial charge on any atom is 0.217 e. The fourth-order valence-electron chi connectivity index (χ4n) is 1.93. The van der Waals surface area contributed by atoms with Gasteiger partial charge in [-0.2, -0.15) is 0 Å². The lowest BCUT2D eigenvalue weighted by molar-refractivity contribution is -0.524. The lowest BCUT2D eigenvalue weighted by Gasteiger charge is -2.17. The molecule has 1 aromatic carbocycles. The molecular weight excluding hydrogens is 230 g/mol. The number of nitro groups is 1. The zero-order valence-electron chi connectivity index (χ0n) is 10.8. The van der Waals surface area contributed by atoms with Gasteiger partial charge in [0.05, 0.1) is 0 Å². The van der Waals surface area contributed by atoms with Crippen molar-refractivity contribution in [1.82, 2.24) is 0 Å². The Morgan fingerprint density at radius 3 is 2.33 bits per heavy atom. The first-order valence-corrected chi connectivity index (χ1v) is 6.17. The Bertz CT molecular complexity index is 389. The van der Waals surface area contributed by atoms with Crippen molar-refractivity contribution in [1.29, 1.82) is 0 Å². The molecule has 0 aliphatic carbocycles. The third-order valence-electron chi connectivity index (χ3n) is 3.19. The highest BCUT2D eigenvalue weighted by Gasteiger charge is 2.26. The minimum atomic E-state index is -0.690. The SMILES string of the molecule is CC(C)[C@@H](C=O)C[C@H](Cc1ccccc1)[N+](=O)[O-]. The maximum atomic E-state index is 11.1. The second-order valence-electron chi connectivity index (χ2n) is 4.91. The summed E-state index contributed by atoms with van der Waals surface area (Å²) in [5.41, 5.74) is 0.938. The van der Waals surface area contributed by atoms with E-state index >= 15 is 0 Å². The summed E-state index contributed by atoms with van der Waals surface area (Å²) in [6.45, 7) is 3.83. The van der Waals surface area contributed by atoms with E-state index in [0.717, 1.165) is 11.8 Å². The first kappa shape index (κ1) is 14.4. The number of hydrogen-bond donors (Lipinski definition) is 0. The Morgan fingerprint density at radius 2 is 1.89 bits per heavy atom. The Hall–Kier alpha value is -1.71. The number of aldehydes is 1. The molecule has 2 atom stereocenters. The van der Waals surface area contributed by atoms with Gasteiger partial charge < -0.3 is 4.79 Å². The van der Waals surface area contributed by atoms with Crippen LogP contribution in [-0.2, 0) is 11.2 Å². The monoisotopic (exact) mass is 249 g/mol. The second kappa shape index (κ2) is 6.89. The van der Waals surface area contributed by atoms with E-state index in [1.54, 1.807) is 0 Å². The first-order valence-electron chi connectivity index (χ1n) is 6.17. The van der Waals surface area contributed by atoms with Crippen molar-refractivity contribution in [3.05, 3.63) is 46.0 Å². The van der Waals surface area contributed by atoms with Crippen molar-refractivity contribution in [3.63, 3.8) is 0 Å². The van der Waals surface area contributed by atoms with Gasteiger partial charge in [-0.1, -0.05) is 44.2 Å². The van der Waals surface area contributed by atoms with Gasteiger partial charge in [-0.15, -0.1) is 0 Å². The van der Waals surface area contributed by atoms with Crippen molar-refractivity contribution in [2.24, 2.45) is 11.8 Å². The molecule has 0 spiro atoms. The van der Waals surface area contributed by atoms with Crippen LogP contribution in [0.3, 0.4) is 0 Å². The van der Waals surface area contributed by atoms with Crippen LogP contribution in [0.4, 0.5) is 0 Å². The minimum Gasteiger partial charge on any atom is -0.303 e. The summed E-state index contributed by atoms with van der Waals surface area (Å²) < 4.78 is 0. The van der Waals surface area contributed by atoms with E-state index in [1.165, 1.54) is 0 Å². The fourth-order valence-corrected chi connectivity index (χ4v) is 1.93. The molecule has 0 saturated heterocycles. The summed E-state index contributed by atoms with van der Waals surface area (Å²) in [5, 5.41) is 11.1. The van der Waals surface area contributed by atoms with Crippen molar-refractivity contribution < 1.29 is 9.72 Å². The van der Waals surface area contributed by atoms with Gasteiger partial charge in [0, 0.05) is 23.7 Å². The Balaban J connectivity index is 2.72. The van der Waals surface area contributed by atoms with Gasteiger partial charge in [-0.25, -0.2) is 0 Å². The van der Waals surface area contributed by atoms with Gasteiger partial charge in [0.25, 0.3) is 0 Å². The minimum absolute atomic E-state index is 0.140. The lowest BCUT2D eigenvalue weighted by Crippen LogP contribution is -2.28.